The maximum Gasteiger partial charge on any atom is 0.321 e. The highest BCUT2D eigenvalue weighted by molar-refractivity contribution is 7.22. The van der Waals surface area contributed by atoms with Crippen molar-refractivity contribution < 1.29 is 9.90 Å². The Hall–Kier alpha value is -2.75. The average molecular weight is 441 g/mol. The van der Waals surface area contributed by atoms with E-state index in [0.29, 0.717) is 11.7 Å². The number of carbonyl (C=O) groups is 1. The Morgan fingerprint density at radius 2 is 2.06 bits per heavy atom. The number of anilines is 3. The first-order chi connectivity index (χ1) is 15.0. The number of carbonyl (C=O) groups excluding carboxylic acids is 1. The molecule has 1 aliphatic heterocycles. The van der Waals surface area contributed by atoms with E-state index in [2.05, 4.69) is 51.7 Å². The number of nitrogens with one attached hydrogen (secondary N) is 2. The van der Waals surface area contributed by atoms with Crippen LogP contribution in [0.3, 0.4) is 0 Å². The van der Waals surface area contributed by atoms with Crippen molar-refractivity contribution in [2.24, 2.45) is 0 Å². The molecule has 0 bridgehead atoms. The number of aliphatic hydroxyl groups excluding tert-OH is 1. The molecule has 2 aromatic heterocycles. The van der Waals surface area contributed by atoms with Crippen molar-refractivity contribution in [2.75, 3.05) is 43.4 Å². The minimum absolute atomic E-state index is 0.207. The summed E-state index contributed by atoms with van der Waals surface area (Å²) in [5, 5.41) is 15.7. The molecule has 9 heteroatoms. The first kappa shape index (κ1) is 21.5. The van der Waals surface area contributed by atoms with Gasteiger partial charge in [0.1, 0.15) is 16.2 Å². The maximum absolute atomic E-state index is 12.2. The van der Waals surface area contributed by atoms with Gasteiger partial charge in [-0.3, -0.25) is 5.32 Å². The Morgan fingerprint density at radius 1 is 1.26 bits per heavy atom. The van der Waals surface area contributed by atoms with Crippen molar-refractivity contribution >= 4 is 44.4 Å². The SMILES string of the molecule is Cc1ccc(N(C)c2ccc3nc(NC(=O)NCCCN4CC[C@@H](O)C4)sc3n2)cc1. The standard InChI is InChI=1S/C22H28N6O2S/c1-15-4-6-16(7-5-15)27(2)19-9-8-18-20(25-19)31-22(24-18)26-21(30)23-11-3-12-28-13-10-17(29)14-28/h4-9,17,29H,3,10-14H2,1-2H3,(H2,23,24,26,30)/t17-/m1/s1. The normalized spacial score (nSPS) is 16.5. The van der Waals surface area contributed by atoms with Crippen LogP contribution in [0.1, 0.15) is 18.4 Å². The third-order valence-corrected chi connectivity index (χ3v) is 6.29. The Kier molecular flexibility index (Phi) is 6.64. The highest BCUT2D eigenvalue weighted by Gasteiger charge is 2.19. The van der Waals surface area contributed by atoms with Crippen LogP contribution < -0.4 is 15.5 Å². The Morgan fingerprint density at radius 3 is 2.81 bits per heavy atom. The van der Waals surface area contributed by atoms with E-state index in [0.717, 1.165) is 54.3 Å². The molecule has 3 heterocycles. The summed E-state index contributed by atoms with van der Waals surface area (Å²) in [6, 6.07) is 11.9. The van der Waals surface area contributed by atoms with Gasteiger partial charge in [-0.05, 0) is 50.6 Å². The Labute approximate surface area is 185 Å². The topological polar surface area (TPSA) is 93.6 Å². The molecule has 3 aromatic rings. The lowest BCUT2D eigenvalue weighted by atomic mass is 10.2. The van der Waals surface area contributed by atoms with Crippen LogP contribution in [0, 0.1) is 6.92 Å². The Balaban J connectivity index is 1.31. The van der Waals surface area contributed by atoms with Gasteiger partial charge in [-0.1, -0.05) is 29.0 Å². The van der Waals surface area contributed by atoms with E-state index < -0.39 is 0 Å². The van der Waals surface area contributed by atoms with Gasteiger partial charge in [0.05, 0.1) is 6.10 Å². The minimum atomic E-state index is -0.266. The number of thiazole rings is 1. The molecule has 3 N–H and O–H groups in total. The number of fused-ring (bicyclic) bond motifs is 1. The van der Waals surface area contributed by atoms with Gasteiger partial charge in [-0.25, -0.2) is 14.8 Å². The number of amides is 2. The quantitative estimate of drug-likeness (QED) is 0.488. The number of pyridine rings is 1. The van der Waals surface area contributed by atoms with E-state index in [1.165, 1.54) is 16.9 Å². The predicted octanol–water partition coefficient (Wildman–Crippen LogP) is 3.35. The highest BCUT2D eigenvalue weighted by Crippen LogP contribution is 2.29. The lowest BCUT2D eigenvalue weighted by Gasteiger charge is -2.18. The number of urea groups is 1. The van der Waals surface area contributed by atoms with E-state index in [1.807, 2.05) is 24.1 Å². The van der Waals surface area contributed by atoms with Crippen LogP contribution in [0.25, 0.3) is 10.3 Å². The second-order valence-corrected chi connectivity index (χ2v) is 8.86. The number of hydrogen-bond donors (Lipinski definition) is 3. The smallest absolute Gasteiger partial charge is 0.321 e. The molecule has 0 aliphatic carbocycles. The van der Waals surface area contributed by atoms with Crippen molar-refractivity contribution in [3.63, 3.8) is 0 Å². The van der Waals surface area contributed by atoms with E-state index in [4.69, 9.17) is 4.98 Å². The van der Waals surface area contributed by atoms with E-state index in [9.17, 15) is 9.90 Å². The predicted molar refractivity (Wildman–Crippen MR) is 125 cm³/mol. The number of nitrogens with zero attached hydrogens (tertiary/aromatic N) is 4. The van der Waals surface area contributed by atoms with Gasteiger partial charge in [-0.15, -0.1) is 0 Å². The molecule has 1 aromatic carbocycles. The molecule has 1 saturated heterocycles. The molecule has 1 fully saturated rings. The lowest BCUT2D eigenvalue weighted by Crippen LogP contribution is -2.32. The number of likely N-dealkylation sites (tertiary alicyclic amines) is 1. The number of rotatable bonds is 7. The van der Waals surface area contributed by atoms with Crippen LogP contribution in [-0.4, -0.2) is 65.3 Å². The summed E-state index contributed by atoms with van der Waals surface area (Å²) in [6.45, 7) is 5.17. The fourth-order valence-corrected chi connectivity index (χ4v) is 4.44. The van der Waals surface area contributed by atoms with Crippen molar-refractivity contribution in [1.82, 2.24) is 20.2 Å². The number of hydrogen-bond acceptors (Lipinski definition) is 7. The molecule has 0 unspecified atom stereocenters. The molecule has 4 rings (SSSR count). The van der Waals surface area contributed by atoms with Crippen molar-refractivity contribution in [3.05, 3.63) is 42.0 Å². The third kappa shape index (κ3) is 5.49. The highest BCUT2D eigenvalue weighted by atomic mass is 32.1. The van der Waals surface area contributed by atoms with Gasteiger partial charge >= 0.3 is 6.03 Å². The molecule has 164 valence electrons. The number of aliphatic hydroxyl groups is 1. The zero-order chi connectivity index (χ0) is 21.8. The first-order valence-corrected chi connectivity index (χ1v) is 11.3. The van der Waals surface area contributed by atoms with Gasteiger partial charge in [0.2, 0.25) is 0 Å². The van der Waals surface area contributed by atoms with Crippen molar-refractivity contribution in [2.45, 2.75) is 25.9 Å². The summed E-state index contributed by atoms with van der Waals surface area (Å²) in [5.74, 6) is 0.822. The summed E-state index contributed by atoms with van der Waals surface area (Å²) in [7, 11) is 1.98. The van der Waals surface area contributed by atoms with Gasteiger partial charge < -0.3 is 20.2 Å². The molecule has 0 spiro atoms. The van der Waals surface area contributed by atoms with Crippen LogP contribution >= 0.6 is 11.3 Å². The monoisotopic (exact) mass is 440 g/mol. The summed E-state index contributed by atoms with van der Waals surface area (Å²) < 4.78 is 0. The number of benzene rings is 1. The molecule has 1 atom stereocenters. The molecule has 8 nitrogen and oxygen atoms in total. The molecule has 31 heavy (non-hydrogen) atoms. The van der Waals surface area contributed by atoms with Crippen LogP contribution in [0.5, 0.6) is 0 Å². The molecule has 1 aliphatic rings. The minimum Gasteiger partial charge on any atom is -0.392 e. The van der Waals surface area contributed by atoms with E-state index >= 15 is 0 Å². The van der Waals surface area contributed by atoms with E-state index in [1.54, 1.807) is 0 Å². The maximum atomic E-state index is 12.2. The van der Waals surface area contributed by atoms with Gasteiger partial charge in [0.25, 0.3) is 0 Å². The number of aryl methyl sites for hydroxylation is 1. The largest absolute Gasteiger partial charge is 0.392 e. The Bertz CT molecular complexity index is 1040. The van der Waals surface area contributed by atoms with Gasteiger partial charge in [-0.2, -0.15) is 0 Å². The van der Waals surface area contributed by atoms with Crippen LogP contribution in [-0.2, 0) is 0 Å². The zero-order valence-electron chi connectivity index (χ0n) is 17.8. The third-order valence-electron chi connectivity index (χ3n) is 5.41. The zero-order valence-corrected chi connectivity index (χ0v) is 18.7. The summed E-state index contributed by atoms with van der Waals surface area (Å²) in [5.41, 5.74) is 3.03. The summed E-state index contributed by atoms with van der Waals surface area (Å²) >= 11 is 1.36. The van der Waals surface area contributed by atoms with Crippen LogP contribution in [0.4, 0.5) is 21.4 Å². The molecule has 2 amide bonds. The fraction of sp³-hybridized carbons (Fsp3) is 0.409. The molecular weight excluding hydrogens is 412 g/mol. The molecular formula is C22H28N6O2S. The van der Waals surface area contributed by atoms with Crippen molar-refractivity contribution in [1.29, 1.82) is 0 Å². The summed E-state index contributed by atoms with van der Waals surface area (Å²) in [4.78, 5) is 26.4. The summed E-state index contributed by atoms with van der Waals surface area (Å²) in [6.07, 6.45) is 1.47. The second-order valence-electron chi connectivity index (χ2n) is 7.88. The van der Waals surface area contributed by atoms with Crippen molar-refractivity contribution in [3.8, 4) is 0 Å². The van der Waals surface area contributed by atoms with E-state index in [-0.39, 0.29) is 12.1 Å². The van der Waals surface area contributed by atoms with Gasteiger partial charge in [0, 0.05) is 32.4 Å². The number of aromatic nitrogens is 2. The first-order valence-electron chi connectivity index (χ1n) is 10.5. The average Bonchev–Trinajstić information content (AvgIpc) is 3.35. The fourth-order valence-electron chi connectivity index (χ4n) is 3.61. The molecule has 0 radical (unpaired) electrons. The second kappa shape index (κ2) is 9.59. The lowest BCUT2D eigenvalue weighted by molar-refractivity contribution is 0.176. The number of β-amino-alcohol motifs (C(OH)–C–C–N with tert-alkyl or cyclic N) is 1. The van der Waals surface area contributed by atoms with Crippen LogP contribution in [0.15, 0.2) is 36.4 Å². The molecule has 0 saturated carbocycles. The van der Waals surface area contributed by atoms with Crippen LogP contribution in [0.2, 0.25) is 0 Å². The van der Waals surface area contributed by atoms with Gasteiger partial charge in [0.15, 0.2) is 5.13 Å².